The Morgan fingerprint density at radius 3 is 2.47 bits per heavy atom. The second-order valence-corrected chi connectivity index (χ2v) is 3.43. The molecule has 0 aliphatic carbocycles. The molecule has 0 saturated heterocycles. The lowest BCUT2D eigenvalue weighted by Gasteiger charge is -2.09. The number of hydrogen-bond acceptors (Lipinski definition) is 4. The molecule has 1 aromatic heterocycles. The number of benzene rings is 1. The van der Waals surface area contributed by atoms with E-state index in [0.717, 1.165) is 23.9 Å². The first kappa shape index (κ1) is 10.1. The van der Waals surface area contributed by atoms with Gasteiger partial charge in [-0.05, 0) is 12.1 Å². The van der Waals surface area contributed by atoms with Gasteiger partial charge in [0.2, 0.25) is 0 Å². The van der Waals surface area contributed by atoms with E-state index in [1.165, 1.54) is 12.3 Å². The Morgan fingerprint density at radius 1 is 1.27 bits per heavy atom. The van der Waals surface area contributed by atoms with E-state index in [2.05, 4.69) is 8.75 Å². The van der Waals surface area contributed by atoms with E-state index >= 15 is 0 Å². The zero-order valence-corrected chi connectivity index (χ0v) is 8.21. The Labute approximate surface area is 88.3 Å². The summed E-state index contributed by atoms with van der Waals surface area (Å²) >= 11 is 0.869. The number of rotatable bonds is 2. The molecule has 0 spiro atoms. The Morgan fingerprint density at radius 2 is 1.93 bits per heavy atom. The number of aliphatic hydroxyl groups is 1. The third-order valence-corrected chi connectivity index (χ3v) is 2.42. The van der Waals surface area contributed by atoms with Gasteiger partial charge in [-0.25, -0.2) is 8.78 Å². The molecular formula is C9H6F2N2OS. The first-order valence-corrected chi connectivity index (χ1v) is 4.82. The number of aromatic nitrogens is 2. The van der Waals surface area contributed by atoms with Gasteiger partial charge in [0, 0.05) is 0 Å². The summed E-state index contributed by atoms with van der Waals surface area (Å²) in [5.41, 5.74) is -0.255. The van der Waals surface area contributed by atoms with E-state index in [9.17, 15) is 13.9 Å². The van der Waals surface area contributed by atoms with Crippen LogP contribution in [0.5, 0.6) is 0 Å². The minimum absolute atomic E-state index is 0.143. The van der Waals surface area contributed by atoms with Crippen LogP contribution in [0.25, 0.3) is 0 Å². The van der Waals surface area contributed by atoms with E-state index in [-0.39, 0.29) is 5.69 Å². The summed E-state index contributed by atoms with van der Waals surface area (Å²) in [4.78, 5) is 0. The van der Waals surface area contributed by atoms with E-state index in [0.29, 0.717) is 0 Å². The Hall–Kier alpha value is -1.40. The van der Waals surface area contributed by atoms with Gasteiger partial charge in [-0.2, -0.15) is 8.75 Å². The zero-order chi connectivity index (χ0) is 10.8. The van der Waals surface area contributed by atoms with Crippen molar-refractivity contribution in [1.82, 2.24) is 8.75 Å². The number of nitrogens with zero attached hydrogens (tertiary/aromatic N) is 2. The summed E-state index contributed by atoms with van der Waals surface area (Å²) in [6.07, 6.45) is -0.133. The highest BCUT2D eigenvalue weighted by atomic mass is 32.1. The molecule has 3 nitrogen and oxygen atoms in total. The number of aliphatic hydroxyl groups excluding tert-OH is 1. The second kappa shape index (κ2) is 4.00. The van der Waals surface area contributed by atoms with Crippen molar-refractivity contribution < 1.29 is 13.9 Å². The van der Waals surface area contributed by atoms with Crippen LogP contribution in [0, 0.1) is 11.6 Å². The average molecular weight is 228 g/mol. The van der Waals surface area contributed by atoms with Gasteiger partial charge in [0.05, 0.1) is 23.5 Å². The summed E-state index contributed by atoms with van der Waals surface area (Å²) in [6.45, 7) is 0. The van der Waals surface area contributed by atoms with Crippen LogP contribution in [-0.4, -0.2) is 13.9 Å². The number of hydrogen-bond donors (Lipinski definition) is 1. The van der Waals surface area contributed by atoms with Crippen LogP contribution >= 0.6 is 11.7 Å². The van der Waals surface area contributed by atoms with Gasteiger partial charge in [-0.15, -0.1) is 0 Å². The summed E-state index contributed by atoms with van der Waals surface area (Å²) in [5.74, 6) is -1.59. The maximum atomic E-state index is 13.2. The fourth-order valence-corrected chi connectivity index (χ4v) is 1.66. The molecule has 2 rings (SSSR count). The van der Waals surface area contributed by atoms with Gasteiger partial charge >= 0.3 is 0 Å². The third kappa shape index (κ3) is 1.86. The summed E-state index contributed by atoms with van der Waals surface area (Å²) < 4.78 is 33.9. The largest absolute Gasteiger partial charge is 0.382 e. The molecule has 2 aromatic rings. The molecule has 0 aliphatic rings. The van der Waals surface area contributed by atoms with Gasteiger partial charge in [0.25, 0.3) is 0 Å². The van der Waals surface area contributed by atoms with Gasteiger partial charge in [0.15, 0.2) is 0 Å². The quantitative estimate of drug-likeness (QED) is 0.853. The molecule has 0 bridgehead atoms. The van der Waals surface area contributed by atoms with Gasteiger partial charge in [-0.3, -0.25) is 0 Å². The molecule has 1 atom stereocenters. The lowest BCUT2D eigenvalue weighted by Crippen LogP contribution is -2.05. The topological polar surface area (TPSA) is 46.0 Å². The van der Waals surface area contributed by atoms with Gasteiger partial charge in [0.1, 0.15) is 23.4 Å². The highest BCUT2D eigenvalue weighted by Gasteiger charge is 2.21. The van der Waals surface area contributed by atoms with Crippen molar-refractivity contribution in [2.45, 2.75) is 6.10 Å². The van der Waals surface area contributed by atoms with Crippen LogP contribution in [0.4, 0.5) is 8.78 Å². The molecule has 78 valence electrons. The van der Waals surface area contributed by atoms with Crippen molar-refractivity contribution in [3.05, 3.63) is 47.3 Å². The molecule has 1 aromatic carbocycles. The van der Waals surface area contributed by atoms with Crippen molar-refractivity contribution in [2.24, 2.45) is 0 Å². The van der Waals surface area contributed by atoms with Crippen molar-refractivity contribution >= 4 is 11.7 Å². The van der Waals surface area contributed by atoms with Crippen molar-refractivity contribution in [2.75, 3.05) is 0 Å². The molecule has 15 heavy (non-hydrogen) atoms. The maximum Gasteiger partial charge on any atom is 0.132 e. The summed E-state index contributed by atoms with van der Waals surface area (Å²) in [6, 6.07) is 3.41. The molecule has 0 fully saturated rings. The second-order valence-electron chi connectivity index (χ2n) is 2.87. The van der Waals surface area contributed by atoms with E-state index in [1.54, 1.807) is 0 Å². The standard InChI is InChI=1S/C9H6F2N2OS/c10-5-2-1-3-6(11)8(5)9(14)7-4-12-15-13-7/h1-4,9,14H. The lowest BCUT2D eigenvalue weighted by atomic mass is 10.1. The van der Waals surface area contributed by atoms with Crippen LogP contribution in [0.3, 0.4) is 0 Å². The first-order valence-electron chi connectivity index (χ1n) is 4.09. The summed E-state index contributed by atoms with van der Waals surface area (Å²) in [7, 11) is 0. The predicted molar refractivity (Wildman–Crippen MR) is 50.3 cm³/mol. The SMILES string of the molecule is OC(c1cnsn1)c1c(F)cccc1F. The third-order valence-electron chi connectivity index (χ3n) is 1.93. The monoisotopic (exact) mass is 228 g/mol. The smallest absolute Gasteiger partial charge is 0.132 e. The molecule has 1 unspecified atom stereocenters. The molecule has 6 heteroatoms. The van der Waals surface area contributed by atoms with Crippen molar-refractivity contribution in [3.63, 3.8) is 0 Å². The van der Waals surface area contributed by atoms with E-state index in [4.69, 9.17) is 0 Å². The molecule has 1 heterocycles. The fourth-order valence-electron chi connectivity index (χ4n) is 1.21. The number of halogens is 2. The zero-order valence-electron chi connectivity index (χ0n) is 7.39. The minimum atomic E-state index is -1.41. The molecule has 1 N–H and O–H groups in total. The Bertz CT molecular complexity index is 441. The van der Waals surface area contributed by atoms with Crippen LogP contribution in [-0.2, 0) is 0 Å². The van der Waals surface area contributed by atoms with E-state index in [1.807, 2.05) is 0 Å². The molecule has 0 aliphatic heterocycles. The highest BCUT2D eigenvalue weighted by Crippen LogP contribution is 2.25. The van der Waals surface area contributed by atoms with Crippen LogP contribution in [0.15, 0.2) is 24.4 Å². The Kier molecular flexibility index (Phi) is 2.70. The van der Waals surface area contributed by atoms with Crippen LogP contribution in [0.2, 0.25) is 0 Å². The first-order chi connectivity index (χ1) is 7.20. The van der Waals surface area contributed by atoms with Crippen molar-refractivity contribution in [1.29, 1.82) is 0 Å². The minimum Gasteiger partial charge on any atom is -0.382 e. The molecule has 0 saturated carbocycles. The van der Waals surface area contributed by atoms with Gasteiger partial charge < -0.3 is 5.11 Å². The highest BCUT2D eigenvalue weighted by molar-refractivity contribution is 6.99. The van der Waals surface area contributed by atoms with Gasteiger partial charge in [-0.1, -0.05) is 6.07 Å². The molecule has 0 amide bonds. The van der Waals surface area contributed by atoms with E-state index < -0.39 is 23.3 Å². The van der Waals surface area contributed by atoms with Crippen LogP contribution < -0.4 is 0 Å². The maximum absolute atomic E-state index is 13.2. The molecule has 0 radical (unpaired) electrons. The Balaban J connectivity index is 2.46. The van der Waals surface area contributed by atoms with Crippen molar-refractivity contribution in [3.8, 4) is 0 Å². The average Bonchev–Trinajstić information content (AvgIpc) is 2.69. The predicted octanol–water partition coefficient (Wildman–Crippen LogP) is 1.90. The lowest BCUT2D eigenvalue weighted by molar-refractivity contribution is 0.205. The normalized spacial score (nSPS) is 12.7. The fraction of sp³-hybridized carbons (Fsp3) is 0.111. The molecular weight excluding hydrogens is 222 g/mol. The van der Waals surface area contributed by atoms with Crippen LogP contribution in [0.1, 0.15) is 17.4 Å². The summed E-state index contributed by atoms with van der Waals surface area (Å²) in [5, 5.41) is 9.67.